The number of hydrogen-bond donors (Lipinski definition) is 2. The first kappa shape index (κ1) is 25.3. The first-order chi connectivity index (χ1) is 14.7. The molecule has 2 atom stereocenters. The Morgan fingerprint density at radius 3 is 1.97 bits per heavy atom. The fourth-order valence-electron chi connectivity index (χ4n) is 4.60. The molecule has 31 heavy (non-hydrogen) atoms. The lowest BCUT2D eigenvalue weighted by Gasteiger charge is -2.30. The Hall–Kier alpha value is -1.99. The molecule has 176 valence electrons. The van der Waals surface area contributed by atoms with Gasteiger partial charge in [0.15, 0.2) is 0 Å². The number of carboxylic acids is 1. The topological polar surface area (TPSA) is 128 Å². The van der Waals surface area contributed by atoms with Gasteiger partial charge in [0.2, 0.25) is 0 Å². The summed E-state index contributed by atoms with van der Waals surface area (Å²) in [7, 11) is 0. The first-order valence-electron chi connectivity index (χ1n) is 11.7. The zero-order valence-electron chi connectivity index (χ0n) is 19.3. The Labute approximate surface area is 185 Å². The molecule has 1 saturated heterocycles. The zero-order chi connectivity index (χ0) is 22.9. The van der Waals surface area contributed by atoms with Crippen LogP contribution in [0.4, 0.5) is 4.79 Å². The summed E-state index contributed by atoms with van der Waals surface area (Å²) in [6.45, 7) is 5.15. The number of aliphatic carboxylic acids is 1. The second-order valence-corrected chi connectivity index (χ2v) is 9.92. The molecule has 9 heteroatoms. The fourth-order valence-corrected chi connectivity index (χ4v) is 4.60. The minimum absolute atomic E-state index is 0.0654. The van der Waals surface area contributed by atoms with Gasteiger partial charge in [-0.25, -0.2) is 9.59 Å². The molecule has 0 bridgehead atoms. The van der Waals surface area contributed by atoms with Crippen molar-refractivity contribution in [3.05, 3.63) is 10.4 Å². The molecular weight excluding hydrogens is 398 g/mol. The van der Waals surface area contributed by atoms with Crippen LogP contribution in [0.15, 0.2) is 5.11 Å². The van der Waals surface area contributed by atoms with Gasteiger partial charge < -0.3 is 15.2 Å². The van der Waals surface area contributed by atoms with Crippen LogP contribution in [0.25, 0.3) is 10.4 Å². The number of likely N-dealkylation sites (tertiary alicyclic amines) is 1. The summed E-state index contributed by atoms with van der Waals surface area (Å²) in [5, 5.41) is 16.3. The number of nitrogens with one attached hydrogen (secondary N) is 1. The molecule has 0 radical (unpaired) electrons. The smallest absolute Gasteiger partial charge is 0.411 e. The molecule has 0 aromatic carbocycles. The number of ether oxygens (including phenoxy) is 1. The summed E-state index contributed by atoms with van der Waals surface area (Å²) in [5.74, 6) is -1.13. The van der Waals surface area contributed by atoms with E-state index < -0.39 is 29.7 Å². The Morgan fingerprint density at radius 1 is 1.03 bits per heavy atom. The van der Waals surface area contributed by atoms with Crippen LogP contribution in [0.2, 0.25) is 0 Å². The number of hydrogen-bond acceptors (Lipinski definition) is 5. The molecule has 1 aliphatic heterocycles. The van der Waals surface area contributed by atoms with Gasteiger partial charge in [0.1, 0.15) is 11.6 Å². The normalized spacial score (nSPS) is 25.2. The van der Waals surface area contributed by atoms with Gasteiger partial charge >= 0.3 is 12.1 Å². The van der Waals surface area contributed by atoms with Crippen LogP contribution in [0.5, 0.6) is 0 Å². The lowest BCUT2D eigenvalue weighted by molar-refractivity contribution is -0.142. The van der Waals surface area contributed by atoms with Crippen LogP contribution in [0, 0.1) is 0 Å². The third-order valence-electron chi connectivity index (χ3n) is 6.09. The average Bonchev–Trinajstić information content (AvgIpc) is 3.14. The van der Waals surface area contributed by atoms with E-state index in [0.717, 1.165) is 17.0 Å². The van der Waals surface area contributed by atoms with Gasteiger partial charge in [-0.05, 0) is 58.4 Å². The van der Waals surface area contributed by atoms with Crippen molar-refractivity contribution in [2.45, 2.75) is 121 Å². The number of azide groups is 1. The SMILES string of the molecule is C1CCC(NC2CCCCC2)CC1.CC(C)(C)OC(=O)N1C[C@@H](N=[N+]=[N-])C[C@@H]1C(=O)O. The monoisotopic (exact) mass is 437 g/mol. The van der Waals surface area contributed by atoms with E-state index in [1.807, 2.05) is 0 Å². The van der Waals surface area contributed by atoms with Gasteiger partial charge in [-0.3, -0.25) is 4.90 Å². The third-order valence-corrected chi connectivity index (χ3v) is 6.09. The van der Waals surface area contributed by atoms with E-state index in [9.17, 15) is 9.59 Å². The molecule has 3 aliphatic rings. The van der Waals surface area contributed by atoms with Gasteiger partial charge in [0.25, 0.3) is 0 Å². The van der Waals surface area contributed by atoms with Gasteiger partial charge in [-0.15, -0.1) is 0 Å². The maximum atomic E-state index is 11.8. The highest BCUT2D eigenvalue weighted by molar-refractivity contribution is 5.81. The summed E-state index contributed by atoms with van der Waals surface area (Å²) in [6.07, 6.45) is 14.0. The summed E-state index contributed by atoms with van der Waals surface area (Å²) < 4.78 is 5.12. The van der Waals surface area contributed by atoms with E-state index in [1.54, 1.807) is 20.8 Å². The van der Waals surface area contributed by atoms with Gasteiger partial charge in [-0.2, -0.15) is 0 Å². The highest BCUT2D eigenvalue weighted by Gasteiger charge is 2.41. The maximum absolute atomic E-state index is 11.8. The van der Waals surface area contributed by atoms with E-state index in [1.165, 1.54) is 64.2 Å². The van der Waals surface area contributed by atoms with Crippen molar-refractivity contribution in [2.75, 3.05) is 6.54 Å². The van der Waals surface area contributed by atoms with Crippen molar-refractivity contribution >= 4 is 12.1 Å². The minimum atomic E-state index is -1.13. The number of carboxylic acid groups (broad SMARTS) is 1. The molecule has 9 nitrogen and oxygen atoms in total. The second-order valence-electron chi connectivity index (χ2n) is 9.92. The Kier molecular flexibility index (Phi) is 9.91. The molecule has 0 unspecified atom stereocenters. The number of carbonyl (C=O) groups is 2. The number of carbonyl (C=O) groups excluding carboxylic acids is 1. The van der Waals surface area contributed by atoms with Crippen molar-refractivity contribution in [1.29, 1.82) is 0 Å². The standard InChI is InChI=1S/C12H23N.C10H16N4O4/c1-3-7-11(8-4-1)13-12-9-5-2-6-10-12;1-10(2,3)18-9(17)14-5-6(12-13-11)4-7(14)8(15)16/h11-13H,1-10H2;6-7H,4-5H2,1-3H3,(H,15,16)/t;6-,7+/m.0/s1. The quantitative estimate of drug-likeness (QED) is 0.363. The summed E-state index contributed by atoms with van der Waals surface area (Å²) in [5.41, 5.74) is 7.64. The molecule has 0 aromatic rings. The summed E-state index contributed by atoms with van der Waals surface area (Å²) in [6, 6.07) is 0.215. The van der Waals surface area contributed by atoms with Crippen LogP contribution in [0.3, 0.4) is 0 Å². The summed E-state index contributed by atoms with van der Waals surface area (Å²) >= 11 is 0. The third kappa shape index (κ3) is 8.95. The van der Waals surface area contributed by atoms with Crippen molar-refractivity contribution in [2.24, 2.45) is 5.11 Å². The molecule has 0 spiro atoms. The van der Waals surface area contributed by atoms with E-state index in [4.69, 9.17) is 15.4 Å². The zero-order valence-corrected chi connectivity index (χ0v) is 19.3. The Bertz CT molecular complexity index is 616. The molecule has 3 fully saturated rings. The van der Waals surface area contributed by atoms with Crippen LogP contribution >= 0.6 is 0 Å². The van der Waals surface area contributed by atoms with Crippen LogP contribution < -0.4 is 5.32 Å². The highest BCUT2D eigenvalue weighted by atomic mass is 16.6. The lowest BCUT2D eigenvalue weighted by atomic mass is 9.91. The van der Waals surface area contributed by atoms with Crippen molar-refractivity contribution in [1.82, 2.24) is 10.2 Å². The molecule has 0 aromatic heterocycles. The number of nitrogens with zero attached hydrogens (tertiary/aromatic N) is 4. The van der Waals surface area contributed by atoms with Crippen LogP contribution in [-0.2, 0) is 9.53 Å². The fraction of sp³-hybridized carbons (Fsp3) is 0.909. The second kappa shape index (κ2) is 12.2. The van der Waals surface area contributed by atoms with Gasteiger partial charge in [-0.1, -0.05) is 43.6 Å². The summed E-state index contributed by atoms with van der Waals surface area (Å²) in [4.78, 5) is 26.6. The first-order valence-corrected chi connectivity index (χ1v) is 11.7. The van der Waals surface area contributed by atoms with E-state index in [-0.39, 0.29) is 13.0 Å². The van der Waals surface area contributed by atoms with Crippen molar-refractivity contribution in [3.63, 3.8) is 0 Å². The molecular formula is C22H39N5O4. The van der Waals surface area contributed by atoms with Crippen LogP contribution in [0.1, 0.15) is 91.4 Å². The Morgan fingerprint density at radius 2 is 1.55 bits per heavy atom. The lowest BCUT2D eigenvalue weighted by Crippen LogP contribution is -2.43. The largest absolute Gasteiger partial charge is 0.480 e. The predicted molar refractivity (Wildman–Crippen MR) is 119 cm³/mol. The van der Waals surface area contributed by atoms with E-state index in [0.29, 0.717) is 0 Å². The number of rotatable bonds is 4. The van der Waals surface area contributed by atoms with E-state index >= 15 is 0 Å². The minimum Gasteiger partial charge on any atom is -0.480 e. The molecule has 2 aliphatic carbocycles. The average molecular weight is 438 g/mol. The highest BCUT2D eigenvalue weighted by Crippen LogP contribution is 2.24. The van der Waals surface area contributed by atoms with Gasteiger partial charge in [0.05, 0.1) is 6.04 Å². The van der Waals surface area contributed by atoms with E-state index in [2.05, 4.69) is 15.3 Å². The molecule has 1 amide bonds. The predicted octanol–water partition coefficient (Wildman–Crippen LogP) is 5.00. The maximum Gasteiger partial charge on any atom is 0.411 e. The van der Waals surface area contributed by atoms with Gasteiger partial charge in [0, 0.05) is 23.5 Å². The Balaban J connectivity index is 0.000000231. The number of amides is 1. The molecule has 1 heterocycles. The molecule has 3 rings (SSSR count). The molecule has 2 saturated carbocycles. The van der Waals surface area contributed by atoms with Crippen LogP contribution in [-0.4, -0.2) is 58.4 Å². The molecule has 2 N–H and O–H groups in total. The van der Waals surface area contributed by atoms with Crippen molar-refractivity contribution in [3.8, 4) is 0 Å². The van der Waals surface area contributed by atoms with Crippen molar-refractivity contribution < 1.29 is 19.4 Å².